The lowest BCUT2D eigenvalue weighted by Crippen LogP contribution is -2.12. The lowest BCUT2D eigenvalue weighted by atomic mass is 10.1. The molecule has 0 saturated heterocycles. The molecule has 2 aromatic rings. The van der Waals surface area contributed by atoms with Crippen molar-refractivity contribution in [3.63, 3.8) is 0 Å². The molecule has 6 heteroatoms. The molecule has 0 spiro atoms. The molecule has 106 valence electrons. The van der Waals surface area contributed by atoms with Crippen molar-refractivity contribution in [2.45, 2.75) is 0 Å². The van der Waals surface area contributed by atoms with Gasteiger partial charge in [-0.25, -0.2) is 8.78 Å². The standard InChI is InChI=1S/C15H8ClF2NO2/c16-11-5-9(7-19)1-4-15(11)21-8-14(20)10-2-3-12(17)13(18)6-10/h1-6H,8H2. The molecule has 0 bridgehead atoms. The van der Waals surface area contributed by atoms with Gasteiger partial charge in [-0.2, -0.15) is 5.26 Å². The number of benzene rings is 2. The zero-order chi connectivity index (χ0) is 15.4. The highest BCUT2D eigenvalue weighted by molar-refractivity contribution is 6.32. The van der Waals surface area contributed by atoms with Crippen LogP contribution >= 0.6 is 11.6 Å². The van der Waals surface area contributed by atoms with Crippen molar-refractivity contribution in [1.29, 1.82) is 5.26 Å². The summed E-state index contributed by atoms with van der Waals surface area (Å²) < 4.78 is 31.0. The fourth-order valence-corrected chi connectivity index (χ4v) is 1.82. The first-order valence-electron chi connectivity index (χ1n) is 5.82. The minimum atomic E-state index is -1.10. The molecular formula is C15H8ClF2NO2. The Morgan fingerprint density at radius 3 is 2.57 bits per heavy atom. The monoisotopic (exact) mass is 307 g/mol. The number of nitrogens with zero attached hydrogens (tertiary/aromatic N) is 1. The molecule has 0 fully saturated rings. The summed E-state index contributed by atoms with van der Waals surface area (Å²) in [5, 5.41) is 8.89. The van der Waals surface area contributed by atoms with E-state index in [4.69, 9.17) is 21.6 Å². The molecule has 3 nitrogen and oxygen atoms in total. The molecule has 0 aliphatic carbocycles. The third kappa shape index (κ3) is 3.56. The predicted octanol–water partition coefficient (Wildman–Crippen LogP) is 3.75. The van der Waals surface area contributed by atoms with E-state index in [9.17, 15) is 13.6 Å². The van der Waals surface area contributed by atoms with Gasteiger partial charge in [0.1, 0.15) is 5.75 Å². The van der Waals surface area contributed by atoms with Crippen LogP contribution in [0.5, 0.6) is 5.75 Å². The lowest BCUT2D eigenvalue weighted by molar-refractivity contribution is 0.0921. The van der Waals surface area contributed by atoms with Gasteiger partial charge in [0, 0.05) is 5.56 Å². The highest BCUT2D eigenvalue weighted by Gasteiger charge is 2.12. The van der Waals surface area contributed by atoms with Crippen molar-refractivity contribution in [3.05, 3.63) is 64.2 Å². The fourth-order valence-electron chi connectivity index (χ4n) is 1.58. The maximum absolute atomic E-state index is 13.0. The van der Waals surface area contributed by atoms with Gasteiger partial charge in [0.15, 0.2) is 24.0 Å². The van der Waals surface area contributed by atoms with Crippen LogP contribution in [-0.4, -0.2) is 12.4 Å². The van der Waals surface area contributed by atoms with E-state index in [2.05, 4.69) is 0 Å². The molecule has 0 N–H and O–H groups in total. The van der Waals surface area contributed by atoms with Crippen LogP contribution in [0.1, 0.15) is 15.9 Å². The SMILES string of the molecule is N#Cc1ccc(OCC(=O)c2ccc(F)c(F)c2)c(Cl)c1. The van der Waals surface area contributed by atoms with Crippen molar-refractivity contribution >= 4 is 17.4 Å². The molecule has 0 saturated carbocycles. The van der Waals surface area contributed by atoms with Crippen LogP contribution in [0.2, 0.25) is 5.02 Å². The highest BCUT2D eigenvalue weighted by Crippen LogP contribution is 2.25. The summed E-state index contributed by atoms with van der Waals surface area (Å²) in [5.41, 5.74) is 0.359. The maximum atomic E-state index is 13.0. The zero-order valence-corrected chi connectivity index (χ0v) is 11.3. The van der Waals surface area contributed by atoms with Gasteiger partial charge in [0.25, 0.3) is 0 Å². The minimum absolute atomic E-state index is 0.00123. The third-order valence-electron chi connectivity index (χ3n) is 2.66. The molecule has 0 aromatic heterocycles. The summed E-state index contributed by atoms with van der Waals surface area (Å²) in [6, 6.07) is 9.11. The van der Waals surface area contributed by atoms with E-state index in [1.807, 2.05) is 6.07 Å². The lowest BCUT2D eigenvalue weighted by Gasteiger charge is -2.07. The van der Waals surface area contributed by atoms with E-state index in [0.717, 1.165) is 12.1 Å². The Morgan fingerprint density at radius 1 is 1.19 bits per heavy atom. The van der Waals surface area contributed by atoms with E-state index in [-0.39, 0.29) is 22.9 Å². The van der Waals surface area contributed by atoms with Gasteiger partial charge in [-0.15, -0.1) is 0 Å². The van der Waals surface area contributed by atoms with Gasteiger partial charge >= 0.3 is 0 Å². The Kier molecular flexibility index (Phi) is 4.51. The van der Waals surface area contributed by atoms with Gasteiger partial charge in [-0.1, -0.05) is 11.6 Å². The number of carbonyl (C=O) groups excluding carboxylic acids is 1. The van der Waals surface area contributed by atoms with Crippen LogP contribution < -0.4 is 4.74 Å². The Hall–Kier alpha value is -2.45. The normalized spacial score (nSPS) is 10.0. The smallest absolute Gasteiger partial charge is 0.200 e. The number of hydrogen-bond donors (Lipinski definition) is 0. The average Bonchev–Trinajstić information content (AvgIpc) is 2.48. The molecule has 21 heavy (non-hydrogen) atoms. The van der Waals surface area contributed by atoms with Crippen LogP contribution in [0.4, 0.5) is 8.78 Å². The van der Waals surface area contributed by atoms with E-state index in [1.165, 1.54) is 24.3 Å². The number of Topliss-reactive ketones (excluding diaryl/α,β-unsaturated/α-hetero) is 1. The second-order valence-electron chi connectivity index (χ2n) is 4.10. The molecule has 0 radical (unpaired) electrons. The van der Waals surface area contributed by atoms with Gasteiger partial charge < -0.3 is 4.74 Å². The molecule has 2 aromatic carbocycles. The van der Waals surface area contributed by atoms with Crippen molar-refractivity contribution in [1.82, 2.24) is 0 Å². The second kappa shape index (κ2) is 6.33. The van der Waals surface area contributed by atoms with Crippen molar-refractivity contribution in [3.8, 4) is 11.8 Å². The van der Waals surface area contributed by atoms with Crippen LogP contribution in [0.3, 0.4) is 0 Å². The topological polar surface area (TPSA) is 50.1 Å². The Morgan fingerprint density at radius 2 is 1.95 bits per heavy atom. The summed E-state index contributed by atoms with van der Waals surface area (Å²) in [4.78, 5) is 11.8. The first-order chi connectivity index (χ1) is 10.0. The van der Waals surface area contributed by atoms with E-state index >= 15 is 0 Å². The molecule has 0 heterocycles. The fraction of sp³-hybridized carbons (Fsp3) is 0.0667. The zero-order valence-electron chi connectivity index (χ0n) is 10.6. The Labute approximate surface area is 124 Å². The van der Waals surface area contributed by atoms with Crippen LogP contribution in [0.25, 0.3) is 0 Å². The van der Waals surface area contributed by atoms with Gasteiger partial charge in [0.2, 0.25) is 0 Å². The molecule has 2 rings (SSSR count). The number of nitriles is 1. The van der Waals surface area contributed by atoms with E-state index in [0.29, 0.717) is 5.56 Å². The maximum Gasteiger partial charge on any atom is 0.200 e. The molecule has 0 unspecified atom stereocenters. The quantitative estimate of drug-likeness (QED) is 0.808. The largest absolute Gasteiger partial charge is 0.484 e. The van der Waals surface area contributed by atoms with E-state index in [1.54, 1.807) is 0 Å². The molecule has 0 amide bonds. The Balaban J connectivity index is 2.07. The van der Waals surface area contributed by atoms with Gasteiger partial charge in [0.05, 0.1) is 16.7 Å². The summed E-state index contributed by atoms with van der Waals surface area (Å²) in [6.07, 6.45) is 0. The number of halogens is 3. The summed E-state index contributed by atoms with van der Waals surface area (Å²) >= 11 is 5.89. The number of ether oxygens (including phenoxy) is 1. The summed E-state index contributed by atoms with van der Waals surface area (Å²) in [6.45, 7) is -0.378. The van der Waals surface area contributed by atoms with Gasteiger partial charge in [-0.05, 0) is 36.4 Å². The number of hydrogen-bond acceptors (Lipinski definition) is 3. The Bertz CT molecular complexity index is 741. The molecule has 0 aliphatic rings. The van der Waals surface area contributed by atoms with Crippen LogP contribution in [-0.2, 0) is 0 Å². The first kappa shape index (κ1) is 14.9. The first-order valence-corrected chi connectivity index (χ1v) is 6.20. The average molecular weight is 308 g/mol. The van der Waals surface area contributed by atoms with Crippen molar-refractivity contribution in [2.75, 3.05) is 6.61 Å². The second-order valence-corrected chi connectivity index (χ2v) is 4.50. The van der Waals surface area contributed by atoms with E-state index < -0.39 is 17.4 Å². The van der Waals surface area contributed by atoms with Crippen LogP contribution in [0.15, 0.2) is 36.4 Å². The molecule has 0 aliphatic heterocycles. The summed E-state index contributed by atoms with van der Waals surface area (Å²) in [5.74, 6) is -2.42. The number of rotatable bonds is 4. The van der Waals surface area contributed by atoms with Gasteiger partial charge in [-0.3, -0.25) is 4.79 Å². The molecule has 0 atom stereocenters. The third-order valence-corrected chi connectivity index (χ3v) is 2.96. The van der Waals surface area contributed by atoms with Crippen molar-refractivity contribution < 1.29 is 18.3 Å². The van der Waals surface area contributed by atoms with Crippen LogP contribution in [0, 0.1) is 23.0 Å². The number of ketones is 1. The highest BCUT2D eigenvalue weighted by atomic mass is 35.5. The predicted molar refractivity (Wildman–Crippen MR) is 72.4 cm³/mol. The van der Waals surface area contributed by atoms with Crippen molar-refractivity contribution in [2.24, 2.45) is 0 Å². The number of carbonyl (C=O) groups is 1. The summed E-state index contributed by atoms with van der Waals surface area (Å²) in [7, 11) is 0. The molecular weight excluding hydrogens is 300 g/mol. The minimum Gasteiger partial charge on any atom is -0.484 e.